The largest absolute Gasteiger partial charge is 0.465 e. The fraction of sp³-hybridized carbons (Fsp3) is 0.846. The highest BCUT2D eigenvalue weighted by molar-refractivity contribution is 6.00. The number of hydrogen-bond donors (Lipinski definition) is 0. The minimum Gasteiger partial charge on any atom is -0.465 e. The van der Waals surface area contributed by atoms with Gasteiger partial charge in [-0.3, -0.25) is 9.59 Å². The summed E-state index contributed by atoms with van der Waals surface area (Å²) >= 11 is 0. The van der Waals surface area contributed by atoms with E-state index >= 15 is 0 Å². The molecule has 0 rings (SSSR count). The molecule has 0 aliphatic carbocycles. The smallest absolute Gasteiger partial charge is 0.323 e. The van der Waals surface area contributed by atoms with Gasteiger partial charge in [0.2, 0.25) is 0 Å². The van der Waals surface area contributed by atoms with Crippen LogP contribution in [0.4, 0.5) is 0 Å². The van der Waals surface area contributed by atoms with Crippen molar-refractivity contribution in [1.29, 1.82) is 0 Å². The molecule has 0 aromatic carbocycles. The monoisotopic (exact) mass is 249 g/mol. The first kappa shape index (κ1) is 8.95. The third-order valence-electron chi connectivity index (χ3n) is 2.37. The fourth-order valence-electron chi connectivity index (χ4n) is 1.40. The maximum Gasteiger partial charge on any atom is 0.323 e. The van der Waals surface area contributed by atoms with E-state index in [4.69, 9.17) is 16.3 Å². The molecule has 0 fully saturated rings. The van der Waals surface area contributed by atoms with Crippen molar-refractivity contribution in [2.45, 2.75) is 53.3 Å². The number of hydrogen-bond acceptors (Lipinski definition) is 4. The van der Waals surface area contributed by atoms with Crippen LogP contribution >= 0.6 is 0 Å². The van der Waals surface area contributed by atoms with Crippen LogP contribution in [0, 0.1) is 5.41 Å². The number of unbranched alkanes of at least 4 members (excludes halogenated alkanes) is 1. The van der Waals surface area contributed by atoms with Crippen molar-refractivity contribution < 1.29 is 25.9 Å². The first-order valence-corrected chi connectivity index (χ1v) is 5.87. The number of carbonyl (C=O) groups is 2. The Morgan fingerprint density at radius 3 is 2.06 bits per heavy atom. The average molecular weight is 249 g/mol. The van der Waals surface area contributed by atoms with Gasteiger partial charge in [-0.2, -0.15) is 0 Å². The molecule has 0 aromatic heterocycles. The third-order valence-corrected chi connectivity index (χ3v) is 2.37. The Bertz CT molecular complexity index is 374. The molecule has 0 aliphatic heterocycles. The van der Waals surface area contributed by atoms with E-state index in [0.717, 1.165) is 0 Å². The fourth-order valence-corrected chi connectivity index (χ4v) is 1.40. The van der Waals surface area contributed by atoms with Gasteiger partial charge >= 0.3 is 11.9 Å². The minimum absolute atomic E-state index is 0.0941. The van der Waals surface area contributed by atoms with E-state index in [0.29, 0.717) is 6.42 Å². The van der Waals surface area contributed by atoms with Crippen molar-refractivity contribution in [2.75, 3.05) is 13.2 Å². The van der Waals surface area contributed by atoms with Crippen LogP contribution in [0.2, 0.25) is 0 Å². The molecule has 0 radical (unpaired) electrons. The second-order valence-corrected chi connectivity index (χ2v) is 3.57. The lowest BCUT2D eigenvalue weighted by Gasteiger charge is -2.27. The summed E-state index contributed by atoms with van der Waals surface area (Å²) in [4.78, 5) is 24.7. The third kappa shape index (κ3) is 4.02. The molecule has 0 aliphatic rings. The Balaban J connectivity index is 6.17. The van der Waals surface area contributed by atoms with Gasteiger partial charge in [-0.05, 0) is 26.6 Å². The summed E-state index contributed by atoms with van der Waals surface area (Å²) in [6, 6.07) is 0. The molecular formula is C13H24O4. The molecule has 0 N–H and O–H groups in total. The maximum absolute atomic E-state index is 12.4. The highest BCUT2D eigenvalue weighted by Gasteiger charge is 2.46. The molecule has 4 nitrogen and oxygen atoms in total. The van der Waals surface area contributed by atoms with E-state index in [1.165, 1.54) is 13.8 Å². The summed E-state index contributed by atoms with van der Waals surface area (Å²) in [5.74, 6) is -2.38. The van der Waals surface area contributed by atoms with E-state index in [-0.39, 0.29) is 26.1 Å². The summed E-state index contributed by atoms with van der Waals surface area (Å²) < 4.78 is 47.9. The van der Waals surface area contributed by atoms with Gasteiger partial charge in [0.25, 0.3) is 0 Å². The molecule has 0 unspecified atom stereocenters. The van der Waals surface area contributed by atoms with Gasteiger partial charge in [0.05, 0.1) is 13.2 Å². The topological polar surface area (TPSA) is 52.6 Å². The molecule has 0 heterocycles. The van der Waals surface area contributed by atoms with Gasteiger partial charge in [0.15, 0.2) is 5.41 Å². The number of ether oxygens (including phenoxy) is 2. The van der Waals surface area contributed by atoms with Crippen LogP contribution in [0.25, 0.3) is 0 Å². The zero-order valence-electron chi connectivity index (χ0n) is 15.7. The first-order valence-electron chi connectivity index (χ1n) is 8.37. The molecule has 0 amide bonds. The lowest BCUT2D eigenvalue weighted by Crippen LogP contribution is -2.41. The number of rotatable bonds is 8. The maximum atomic E-state index is 12.4. The van der Waals surface area contributed by atoms with Crippen molar-refractivity contribution in [3.8, 4) is 0 Å². The Hall–Kier alpha value is -1.06. The molecular weight excluding hydrogens is 220 g/mol. The van der Waals surface area contributed by atoms with Crippen molar-refractivity contribution in [3.63, 3.8) is 0 Å². The van der Waals surface area contributed by atoms with Crippen LogP contribution in [0.5, 0.6) is 0 Å². The summed E-state index contributed by atoms with van der Waals surface area (Å²) in [5.41, 5.74) is -2.50. The molecule has 0 saturated heterocycles. The Morgan fingerprint density at radius 2 is 1.71 bits per heavy atom. The van der Waals surface area contributed by atoms with E-state index < -0.39 is 30.6 Å². The van der Waals surface area contributed by atoms with Crippen LogP contribution < -0.4 is 0 Å². The van der Waals surface area contributed by atoms with Crippen LogP contribution in [0.1, 0.15) is 60.1 Å². The van der Waals surface area contributed by atoms with Crippen LogP contribution in [0.15, 0.2) is 0 Å². The van der Waals surface area contributed by atoms with Crippen molar-refractivity contribution in [3.05, 3.63) is 0 Å². The van der Waals surface area contributed by atoms with Gasteiger partial charge in [-0.25, -0.2) is 0 Å². The SMILES string of the molecule is [2H]C([2H])([2H])C([2H])([2H])C(CCCC)(C(=O)OCC)C(=O)OCC. The van der Waals surface area contributed by atoms with Crippen LogP contribution in [0.3, 0.4) is 0 Å². The highest BCUT2D eigenvalue weighted by atomic mass is 16.6. The Labute approximate surface area is 111 Å². The molecule has 0 spiro atoms. The minimum atomic E-state index is -3.18. The molecule has 0 aromatic rings. The molecule has 4 heteroatoms. The second kappa shape index (κ2) is 8.09. The molecule has 17 heavy (non-hydrogen) atoms. The van der Waals surface area contributed by atoms with E-state index in [9.17, 15) is 9.59 Å². The van der Waals surface area contributed by atoms with Crippen molar-refractivity contribution in [1.82, 2.24) is 0 Å². The molecule has 0 saturated carbocycles. The Kier molecular flexibility index (Phi) is 4.26. The first-order chi connectivity index (χ1) is 10.0. The molecule has 0 bridgehead atoms. The van der Waals surface area contributed by atoms with Gasteiger partial charge in [0.1, 0.15) is 0 Å². The lowest BCUT2D eigenvalue weighted by molar-refractivity contribution is -0.173. The van der Waals surface area contributed by atoms with Crippen LogP contribution in [-0.2, 0) is 19.1 Å². The lowest BCUT2D eigenvalue weighted by atomic mass is 9.80. The zero-order chi connectivity index (χ0) is 17.6. The van der Waals surface area contributed by atoms with Gasteiger partial charge < -0.3 is 9.47 Å². The summed E-state index contributed by atoms with van der Waals surface area (Å²) in [6.07, 6.45) is -2.55. The van der Waals surface area contributed by atoms with Gasteiger partial charge in [0, 0.05) is 6.85 Å². The summed E-state index contributed by atoms with van der Waals surface area (Å²) in [7, 11) is 0. The molecule has 0 atom stereocenters. The standard InChI is InChI=1S/C13H24O4/c1-5-9-10-13(6-2,11(14)16-7-3)12(15)17-8-4/h5-10H2,1-4H3/i2D3,6D2. The van der Waals surface area contributed by atoms with E-state index in [1.54, 1.807) is 6.92 Å². The van der Waals surface area contributed by atoms with E-state index in [1.807, 2.05) is 0 Å². The zero-order valence-corrected chi connectivity index (χ0v) is 10.7. The quantitative estimate of drug-likeness (QED) is 0.490. The van der Waals surface area contributed by atoms with Gasteiger partial charge in [-0.1, -0.05) is 26.6 Å². The highest BCUT2D eigenvalue weighted by Crippen LogP contribution is 2.32. The van der Waals surface area contributed by atoms with Gasteiger partial charge in [-0.15, -0.1) is 0 Å². The predicted molar refractivity (Wildman–Crippen MR) is 65.5 cm³/mol. The normalized spacial score (nSPS) is 17.0. The molecule has 100 valence electrons. The van der Waals surface area contributed by atoms with Crippen molar-refractivity contribution in [2.24, 2.45) is 5.41 Å². The van der Waals surface area contributed by atoms with E-state index in [2.05, 4.69) is 0 Å². The predicted octanol–water partition coefficient (Wildman–Crippen LogP) is 2.70. The average Bonchev–Trinajstić information content (AvgIpc) is 2.38. The number of carbonyl (C=O) groups excluding carboxylic acids is 2. The second-order valence-electron chi connectivity index (χ2n) is 3.57. The summed E-state index contributed by atoms with van der Waals surface area (Å²) in [5, 5.41) is 0. The van der Waals surface area contributed by atoms with Crippen molar-refractivity contribution >= 4 is 11.9 Å². The number of esters is 2. The summed E-state index contributed by atoms with van der Waals surface area (Å²) in [6.45, 7) is 1.41. The van der Waals surface area contributed by atoms with Crippen LogP contribution in [-0.4, -0.2) is 25.2 Å². The Morgan fingerprint density at radius 1 is 1.18 bits per heavy atom.